The molecule has 1 aromatic heterocycles. The van der Waals surface area contributed by atoms with E-state index in [0.29, 0.717) is 31.2 Å². The molecule has 1 saturated heterocycles. The maximum Gasteiger partial charge on any atom is 0.416 e. The summed E-state index contributed by atoms with van der Waals surface area (Å²) in [5.74, 6) is -1.68. The molecule has 1 amide bonds. The lowest BCUT2D eigenvalue weighted by atomic mass is 10.1. The molecule has 0 aliphatic carbocycles. The van der Waals surface area contributed by atoms with Crippen LogP contribution in [0.5, 0.6) is 0 Å². The van der Waals surface area contributed by atoms with E-state index in [4.69, 9.17) is 15.0 Å². The number of anilines is 1. The van der Waals surface area contributed by atoms with Gasteiger partial charge in [0.05, 0.1) is 30.5 Å². The summed E-state index contributed by atoms with van der Waals surface area (Å²) in [6.07, 6.45) is -3.48. The second-order valence-electron chi connectivity index (χ2n) is 5.98. The molecule has 0 spiro atoms. The number of halogens is 4. The number of hydrogen-bond donors (Lipinski definition) is 2. The van der Waals surface area contributed by atoms with Crippen molar-refractivity contribution in [3.05, 3.63) is 53.5 Å². The number of aromatic nitrogens is 1. The highest BCUT2D eigenvalue weighted by atomic mass is 32.2. The van der Waals surface area contributed by atoms with Gasteiger partial charge in [0.1, 0.15) is 16.5 Å². The summed E-state index contributed by atoms with van der Waals surface area (Å²) < 4.78 is 84.5. The molecular weight excluding hydrogens is 434 g/mol. The highest BCUT2D eigenvalue weighted by Gasteiger charge is 2.31. The molecule has 2 aromatic rings. The zero-order valence-corrected chi connectivity index (χ0v) is 16.1. The van der Waals surface area contributed by atoms with Crippen molar-refractivity contribution in [2.45, 2.75) is 11.1 Å². The number of nitrogens with zero attached hydrogens (tertiary/aromatic N) is 2. The van der Waals surface area contributed by atoms with Gasteiger partial charge in [0.25, 0.3) is 16.0 Å². The zero-order valence-electron chi connectivity index (χ0n) is 15.3. The number of primary amides is 1. The van der Waals surface area contributed by atoms with E-state index in [-0.39, 0.29) is 11.0 Å². The normalized spacial score (nSPS) is 14.6. The molecule has 13 heteroatoms. The van der Waals surface area contributed by atoms with Gasteiger partial charge in [-0.05, 0) is 30.3 Å². The van der Waals surface area contributed by atoms with Crippen molar-refractivity contribution < 1.29 is 40.1 Å². The van der Waals surface area contributed by atoms with Gasteiger partial charge < -0.3 is 15.4 Å². The van der Waals surface area contributed by atoms with Crippen molar-refractivity contribution >= 4 is 21.8 Å². The third-order valence-corrected chi connectivity index (χ3v) is 4.75. The van der Waals surface area contributed by atoms with Crippen molar-refractivity contribution in [2.24, 2.45) is 5.73 Å². The third-order valence-electron chi connectivity index (χ3n) is 3.92. The molecular formula is C17H17F4N3O5S. The fourth-order valence-corrected chi connectivity index (χ4v) is 2.82. The number of morpholine rings is 1. The van der Waals surface area contributed by atoms with Gasteiger partial charge in [-0.25, -0.2) is 9.37 Å². The number of pyridine rings is 1. The van der Waals surface area contributed by atoms with E-state index in [0.717, 1.165) is 19.3 Å². The van der Waals surface area contributed by atoms with Gasteiger partial charge in [-0.15, -0.1) is 0 Å². The molecule has 0 atom stereocenters. The summed E-state index contributed by atoms with van der Waals surface area (Å²) in [7, 11) is -4.16. The Hall–Kier alpha value is -2.77. The number of carbonyl (C=O) groups is 1. The average molecular weight is 451 g/mol. The van der Waals surface area contributed by atoms with Gasteiger partial charge in [-0.1, -0.05) is 0 Å². The molecule has 1 aliphatic rings. The van der Waals surface area contributed by atoms with E-state index >= 15 is 0 Å². The van der Waals surface area contributed by atoms with E-state index in [2.05, 4.69) is 4.98 Å². The number of nitrogens with two attached hydrogens (primary N) is 1. The monoisotopic (exact) mass is 451 g/mol. The Morgan fingerprint density at radius 1 is 1.17 bits per heavy atom. The molecule has 1 aliphatic heterocycles. The standard InChI is InChI=1S/C9H12N2O4S.C8H5F4NO/c12-16(13,14)8-1-2-9(10-7-8)11-3-5-15-6-4-11;9-6-3-4(8(10,11)12)1-2-5(6)7(13)14/h1-2,7H,3-6H2,(H,12,13,14);1-3H,(H2,13,14). The van der Waals surface area contributed by atoms with Crippen LogP contribution in [0.15, 0.2) is 41.4 Å². The number of rotatable bonds is 3. The van der Waals surface area contributed by atoms with E-state index in [1.165, 1.54) is 6.07 Å². The number of ether oxygens (including phenoxy) is 1. The van der Waals surface area contributed by atoms with Crippen molar-refractivity contribution in [1.29, 1.82) is 0 Å². The lowest BCUT2D eigenvalue weighted by molar-refractivity contribution is -0.137. The lowest BCUT2D eigenvalue weighted by Gasteiger charge is -2.27. The second-order valence-corrected chi connectivity index (χ2v) is 7.40. The van der Waals surface area contributed by atoms with Crippen LogP contribution in [0.25, 0.3) is 0 Å². The Morgan fingerprint density at radius 2 is 1.80 bits per heavy atom. The maximum absolute atomic E-state index is 12.8. The van der Waals surface area contributed by atoms with Gasteiger partial charge >= 0.3 is 6.18 Å². The topological polar surface area (TPSA) is 123 Å². The summed E-state index contributed by atoms with van der Waals surface area (Å²) in [6.45, 7) is 2.75. The molecule has 8 nitrogen and oxygen atoms in total. The van der Waals surface area contributed by atoms with Crippen molar-refractivity contribution in [3.8, 4) is 0 Å². The quantitative estimate of drug-likeness (QED) is 0.541. The molecule has 1 fully saturated rings. The summed E-state index contributed by atoms with van der Waals surface area (Å²) in [5, 5.41) is 0. The minimum atomic E-state index is -4.63. The smallest absolute Gasteiger partial charge is 0.378 e. The van der Waals surface area contributed by atoms with Gasteiger partial charge in [-0.2, -0.15) is 21.6 Å². The summed E-state index contributed by atoms with van der Waals surface area (Å²) >= 11 is 0. The Morgan fingerprint density at radius 3 is 2.23 bits per heavy atom. The van der Waals surface area contributed by atoms with Crippen LogP contribution in [0.2, 0.25) is 0 Å². The van der Waals surface area contributed by atoms with Crippen molar-refractivity contribution in [2.75, 3.05) is 31.2 Å². The second kappa shape index (κ2) is 9.36. The van der Waals surface area contributed by atoms with E-state index in [9.17, 15) is 30.8 Å². The number of carbonyl (C=O) groups excluding carboxylic acids is 1. The molecule has 3 N–H and O–H groups in total. The Kier molecular flexibility index (Phi) is 7.34. The molecule has 0 radical (unpaired) electrons. The predicted molar refractivity (Wildman–Crippen MR) is 97.0 cm³/mol. The first kappa shape index (κ1) is 23.5. The summed E-state index contributed by atoms with van der Waals surface area (Å²) in [6, 6.07) is 4.46. The maximum atomic E-state index is 12.8. The minimum absolute atomic E-state index is 0.190. The van der Waals surface area contributed by atoms with Gasteiger partial charge in [0.2, 0.25) is 0 Å². The number of alkyl halides is 3. The summed E-state index contributed by atoms with van der Waals surface area (Å²) in [5.41, 5.74) is 3.00. The van der Waals surface area contributed by atoms with Crippen LogP contribution in [-0.4, -0.2) is 50.2 Å². The zero-order chi connectivity index (χ0) is 22.5. The highest BCUT2D eigenvalue weighted by Crippen LogP contribution is 2.30. The molecule has 0 unspecified atom stereocenters. The fraction of sp³-hybridized carbons (Fsp3) is 0.294. The molecule has 30 heavy (non-hydrogen) atoms. The molecule has 164 valence electrons. The van der Waals surface area contributed by atoms with Crippen molar-refractivity contribution in [3.63, 3.8) is 0 Å². The van der Waals surface area contributed by atoms with Crippen LogP contribution in [0, 0.1) is 5.82 Å². The SMILES string of the molecule is NC(=O)c1ccc(C(F)(F)F)cc1F.O=S(=O)(O)c1ccc(N2CCOCC2)nc1. The van der Waals surface area contributed by atoms with Crippen LogP contribution in [0.4, 0.5) is 23.4 Å². The van der Waals surface area contributed by atoms with E-state index < -0.39 is 39.1 Å². The average Bonchev–Trinajstić information content (AvgIpc) is 2.67. The Labute approximate surface area is 169 Å². The largest absolute Gasteiger partial charge is 0.416 e. The van der Waals surface area contributed by atoms with Crippen LogP contribution in [-0.2, 0) is 21.0 Å². The third kappa shape index (κ3) is 6.37. The van der Waals surface area contributed by atoms with Crippen LogP contribution >= 0.6 is 0 Å². The first-order valence-corrected chi connectivity index (χ1v) is 9.76. The first-order valence-electron chi connectivity index (χ1n) is 8.32. The predicted octanol–water partition coefficient (Wildman–Crippen LogP) is 2.11. The molecule has 3 rings (SSSR count). The van der Waals surface area contributed by atoms with Crippen LogP contribution in [0.1, 0.15) is 15.9 Å². The van der Waals surface area contributed by atoms with Gasteiger partial charge in [0, 0.05) is 13.1 Å². The van der Waals surface area contributed by atoms with Gasteiger partial charge in [-0.3, -0.25) is 9.35 Å². The lowest BCUT2D eigenvalue weighted by Crippen LogP contribution is -2.36. The highest BCUT2D eigenvalue weighted by molar-refractivity contribution is 7.85. The first-order chi connectivity index (χ1) is 13.9. The Balaban J connectivity index is 0.000000216. The van der Waals surface area contributed by atoms with E-state index in [1.54, 1.807) is 6.07 Å². The van der Waals surface area contributed by atoms with Crippen LogP contribution < -0.4 is 10.6 Å². The summed E-state index contributed by atoms with van der Waals surface area (Å²) in [4.78, 5) is 16.3. The number of hydrogen-bond acceptors (Lipinski definition) is 6. The minimum Gasteiger partial charge on any atom is -0.378 e. The van der Waals surface area contributed by atoms with E-state index in [1.807, 2.05) is 4.90 Å². The fourth-order valence-electron chi connectivity index (χ4n) is 2.40. The molecule has 0 saturated carbocycles. The Bertz CT molecular complexity index is 991. The number of amides is 1. The van der Waals surface area contributed by atoms with Crippen molar-refractivity contribution in [1.82, 2.24) is 4.98 Å². The number of benzene rings is 1. The molecule has 1 aromatic carbocycles. The molecule has 2 heterocycles. The van der Waals surface area contributed by atoms with Crippen LogP contribution in [0.3, 0.4) is 0 Å². The van der Waals surface area contributed by atoms with Gasteiger partial charge in [0.15, 0.2) is 0 Å². The molecule has 0 bridgehead atoms.